The summed E-state index contributed by atoms with van der Waals surface area (Å²) in [5, 5.41) is 17.1. The third-order valence-corrected chi connectivity index (χ3v) is 9.35. The third-order valence-electron chi connectivity index (χ3n) is 7.59. The topological polar surface area (TPSA) is 127 Å². The highest BCUT2D eigenvalue weighted by molar-refractivity contribution is 7.90. The molecule has 5 aromatic rings. The van der Waals surface area contributed by atoms with Crippen LogP contribution in [0.15, 0.2) is 82.6 Å². The predicted molar refractivity (Wildman–Crippen MR) is 154 cm³/mol. The monoisotopic (exact) mass is 623 g/mol. The van der Waals surface area contributed by atoms with Crippen LogP contribution in [-0.4, -0.2) is 49.8 Å². The molecule has 0 radical (unpaired) electrons. The van der Waals surface area contributed by atoms with Crippen LogP contribution in [0.2, 0.25) is 0 Å². The van der Waals surface area contributed by atoms with Crippen molar-refractivity contribution >= 4 is 27.0 Å². The van der Waals surface area contributed by atoms with Crippen molar-refractivity contribution in [2.75, 3.05) is 6.54 Å². The Morgan fingerprint density at radius 1 is 0.977 bits per heavy atom. The molecule has 4 heterocycles. The van der Waals surface area contributed by atoms with Gasteiger partial charge >= 0.3 is 12.3 Å². The lowest BCUT2D eigenvalue weighted by Crippen LogP contribution is -2.28. The molecule has 226 valence electrons. The van der Waals surface area contributed by atoms with Crippen LogP contribution in [0.3, 0.4) is 0 Å². The minimum Gasteiger partial charge on any atom is -0.465 e. The number of halogens is 3. The first-order valence-corrected chi connectivity index (χ1v) is 14.9. The maximum absolute atomic E-state index is 14.1. The molecule has 14 heteroatoms. The first-order valence-electron chi connectivity index (χ1n) is 13.5. The summed E-state index contributed by atoms with van der Waals surface area (Å²) >= 11 is 0. The van der Waals surface area contributed by atoms with Crippen molar-refractivity contribution in [3.8, 4) is 16.9 Å². The van der Waals surface area contributed by atoms with Crippen molar-refractivity contribution in [1.82, 2.24) is 23.6 Å². The van der Waals surface area contributed by atoms with Gasteiger partial charge in [-0.25, -0.2) is 17.2 Å². The van der Waals surface area contributed by atoms with E-state index in [0.717, 1.165) is 17.7 Å². The van der Waals surface area contributed by atoms with E-state index in [-0.39, 0.29) is 34.8 Å². The second-order valence-electron chi connectivity index (χ2n) is 10.4. The zero-order chi connectivity index (χ0) is 31.4. The van der Waals surface area contributed by atoms with Crippen molar-refractivity contribution in [2.24, 2.45) is 0 Å². The van der Waals surface area contributed by atoms with E-state index in [1.54, 1.807) is 30.3 Å². The van der Waals surface area contributed by atoms with E-state index < -0.39 is 33.5 Å². The van der Waals surface area contributed by atoms with Gasteiger partial charge in [0.05, 0.1) is 28.3 Å². The van der Waals surface area contributed by atoms with Crippen molar-refractivity contribution in [1.29, 1.82) is 0 Å². The van der Waals surface area contributed by atoms with Gasteiger partial charge in [0, 0.05) is 41.0 Å². The molecule has 3 aromatic heterocycles. The number of aryl methyl sites for hydroxylation is 1. The number of nitrogens with zero attached hydrogens (tertiary/aromatic N) is 5. The average molecular weight is 624 g/mol. The molecule has 0 spiro atoms. The van der Waals surface area contributed by atoms with Crippen molar-refractivity contribution in [2.45, 2.75) is 37.4 Å². The second-order valence-corrected chi connectivity index (χ2v) is 12.2. The van der Waals surface area contributed by atoms with E-state index in [2.05, 4.69) is 10.2 Å². The number of fused-ring (bicyclic) bond motifs is 3. The van der Waals surface area contributed by atoms with E-state index in [9.17, 15) is 36.3 Å². The van der Waals surface area contributed by atoms with E-state index in [0.29, 0.717) is 35.2 Å². The molecule has 1 N–H and O–H groups in total. The van der Waals surface area contributed by atoms with Crippen LogP contribution in [0, 0.1) is 6.92 Å². The molecule has 0 bridgehead atoms. The highest BCUT2D eigenvalue weighted by Gasteiger charge is 2.33. The predicted octanol–water partition coefficient (Wildman–Crippen LogP) is 5.24. The molecule has 0 saturated heterocycles. The quantitative estimate of drug-likeness (QED) is 0.290. The summed E-state index contributed by atoms with van der Waals surface area (Å²) in [4.78, 5) is 26.4. The fourth-order valence-electron chi connectivity index (χ4n) is 5.40. The molecular formula is C30H24F3N5O5S. The van der Waals surface area contributed by atoms with Crippen LogP contribution in [0.1, 0.15) is 28.9 Å². The van der Waals surface area contributed by atoms with Crippen LogP contribution in [0.4, 0.5) is 18.0 Å². The first kappa shape index (κ1) is 29.1. The van der Waals surface area contributed by atoms with Crippen molar-refractivity contribution in [3.05, 3.63) is 106 Å². The summed E-state index contributed by atoms with van der Waals surface area (Å²) in [7, 11) is -4.13. The summed E-state index contributed by atoms with van der Waals surface area (Å²) in [5.74, 6) is 0. The Morgan fingerprint density at radius 2 is 1.73 bits per heavy atom. The molecule has 0 fully saturated rings. The highest BCUT2D eigenvalue weighted by Crippen LogP contribution is 2.35. The van der Waals surface area contributed by atoms with Crippen LogP contribution in [0.5, 0.6) is 0 Å². The number of hydrogen-bond donors (Lipinski definition) is 1. The lowest BCUT2D eigenvalue weighted by Gasteiger charge is -2.16. The number of carboxylic acid groups (broad SMARTS) is 1. The van der Waals surface area contributed by atoms with Gasteiger partial charge in [-0.3, -0.25) is 9.36 Å². The number of aromatic nitrogens is 4. The summed E-state index contributed by atoms with van der Waals surface area (Å²) < 4.78 is 69.4. The smallest absolute Gasteiger partial charge is 0.435 e. The fraction of sp³-hybridized carbons (Fsp3) is 0.200. The van der Waals surface area contributed by atoms with E-state index in [4.69, 9.17) is 0 Å². The molecule has 0 atom stereocenters. The summed E-state index contributed by atoms with van der Waals surface area (Å²) in [6, 6.07) is 15.8. The van der Waals surface area contributed by atoms with Crippen molar-refractivity contribution in [3.63, 3.8) is 0 Å². The van der Waals surface area contributed by atoms with Gasteiger partial charge < -0.3 is 10.0 Å². The van der Waals surface area contributed by atoms with Gasteiger partial charge in [0.15, 0.2) is 5.69 Å². The Labute approximate surface area is 248 Å². The number of benzene rings is 2. The zero-order valence-electron chi connectivity index (χ0n) is 23.1. The number of hydrogen-bond acceptors (Lipinski definition) is 6. The van der Waals surface area contributed by atoms with Crippen molar-refractivity contribution < 1.29 is 31.5 Å². The number of carbonyl (C=O) groups is 1. The molecule has 0 saturated carbocycles. The molecule has 10 nitrogen and oxygen atoms in total. The van der Waals surface area contributed by atoms with Gasteiger partial charge in [0.1, 0.15) is 0 Å². The largest absolute Gasteiger partial charge is 0.465 e. The standard InChI is InChI=1S/C30H24F3N5O5S/c1-18-4-7-21(8-5-18)44(42,43)38-25-3-2-13-36(29(40)41)17-23(25)22-9-6-20(16-26(22)38)37-14-12-19(15-28(37)39)24-10-11-27(35-34-24)30(31,32)33/h4-12,14-16H,2-3,13,17H2,1H3,(H,40,41). The molecule has 1 amide bonds. The zero-order valence-corrected chi connectivity index (χ0v) is 23.9. The summed E-state index contributed by atoms with van der Waals surface area (Å²) in [5.41, 5.74) is 1.17. The molecule has 2 aromatic carbocycles. The lowest BCUT2D eigenvalue weighted by atomic mass is 10.1. The average Bonchev–Trinajstić information content (AvgIpc) is 3.12. The summed E-state index contributed by atoms with van der Waals surface area (Å²) in [6.07, 6.45) is -3.61. The molecule has 0 unspecified atom stereocenters. The number of amides is 1. The minimum atomic E-state index is -4.65. The van der Waals surface area contributed by atoms with E-state index >= 15 is 0 Å². The summed E-state index contributed by atoms with van der Waals surface area (Å²) in [6.45, 7) is 2.09. The molecule has 6 rings (SSSR count). The fourth-order valence-corrected chi connectivity index (χ4v) is 6.99. The molecule has 0 aliphatic carbocycles. The molecule has 44 heavy (non-hydrogen) atoms. The third kappa shape index (κ3) is 5.10. The Bertz CT molecular complexity index is 2090. The Kier molecular flexibility index (Phi) is 7.03. The SMILES string of the molecule is Cc1ccc(S(=O)(=O)n2c3c(c4ccc(-n5ccc(-c6ccc(C(F)(F)F)nn6)cc5=O)cc42)CN(C(=O)O)CCC3)cc1. The number of pyridine rings is 1. The van der Waals surface area contributed by atoms with Gasteiger partial charge in [-0.1, -0.05) is 23.8 Å². The second kappa shape index (κ2) is 10.6. The van der Waals surface area contributed by atoms with Crippen LogP contribution < -0.4 is 5.56 Å². The normalized spacial score (nSPS) is 14.0. The Balaban J connectivity index is 1.49. The number of alkyl halides is 3. The van der Waals surface area contributed by atoms with Crippen LogP contribution in [-0.2, 0) is 29.2 Å². The number of rotatable bonds is 4. The van der Waals surface area contributed by atoms with Gasteiger partial charge in [-0.15, -0.1) is 10.2 Å². The van der Waals surface area contributed by atoms with Gasteiger partial charge in [0.2, 0.25) is 0 Å². The van der Waals surface area contributed by atoms with Crippen LogP contribution >= 0.6 is 0 Å². The van der Waals surface area contributed by atoms with Gasteiger partial charge in [-0.2, -0.15) is 13.2 Å². The molecule has 1 aliphatic heterocycles. The maximum atomic E-state index is 14.1. The van der Waals surface area contributed by atoms with E-state index in [1.807, 2.05) is 6.92 Å². The van der Waals surface area contributed by atoms with Gasteiger partial charge in [0.25, 0.3) is 15.6 Å². The van der Waals surface area contributed by atoms with E-state index in [1.165, 1.54) is 43.9 Å². The maximum Gasteiger partial charge on any atom is 0.435 e. The van der Waals surface area contributed by atoms with Gasteiger partial charge in [-0.05, 0) is 62.2 Å². The Hall–Kier alpha value is -4.98. The Morgan fingerprint density at radius 3 is 2.36 bits per heavy atom. The van der Waals surface area contributed by atoms with Crippen LogP contribution in [0.25, 0.3) is 27.8 Å². The first-order chi connectivity index (χ1) is 20.8. The minimum absolute atomic E-state index is 0.000257. The lowest BCUT2D eigenvalue weighted by molar-refractivity contribution is -0.141. The molecule has 1 aliphatic rings. The highest BCUT2D eigenvalue weighted by atomic mass is 32.2. The molecular weight excluding hydrogens is 599 g/mol.